The third kappa shape index (κ3) is 3.66. The van der Waals surface area contributed by atoms with E-state index in [2.05, 4.69) is 10.2 Å². The Kier molecular flexibility index (Phi) is 5.17. The van der Waals surface area contributed by atoms with Crippen LogP contribution < -0.4 is 0 Å². The van der Waals surface area contributed by atoms with Crippen LogP contribution in [-0.2, 0) is 29.0 Å². The van der Waals surface area contributed by atoms with Gasteiger partial charge in [-0.15, -0.1) is 11.3 Å². The van der Waals surface area contributed by atoms with Gasteiger partial charge in [-0.3, -0.25) is 19.5 Å². The summed E-state index contributed by atoms with van der Waals surface area (Å²) >= 11 is 1.58. The molecule has 8 nitrogen and oxygen atoms in total. The van der Waals surface area contributed by atoms with E-state index in [1.54, 1.807) is 28.1 Å². The number of hydrogen-bond donors (Lipinski definition) is 1. The molecule has 2 aromatic heterocycles. The number of carbonyl (C=O) groups excluding carboxylic acids is 3. The van der Waals surface area contributed by atoms with Crippen molar-refractivity contribution in [1.29, 1.82) is 0 Å². The van der Waals surface area contributed by atoms with Gasteiger partial charge in [-0.2, -0.15) is 5.10 Å². The van der Waals surface area contributed by atoms with Crippen molar-refractivity contribution in [3.63, 3.8) is 0 Å². The van der Waals surface area contributed by atoms with Crippen LogP contribution in [0.25, 0.3) is 0 Å². The minimum Gasteiger partial charge on any atom is -0.339 e. The van der Waals surface area contributed by atoms with Crippen molar-refractivity contribution in [2.75, 3.05) is 32.7 Å². The number of rotatable bonds is 3. The maximum Gasteiger partial charge on any atom is 0.274 e. The second kappa shape index (κ2) is 7.75. The molecule has 0 aliphatic carbocycles. The van der Waals surface area contributed by atoms with E-state index < -0.39 is 0 Å². The predicted molar refractivity (Wildman–Crippen MR) is 104 cm³/mol. The molecule has 0 radical (unpaired) electrons. The Hall–Kier alpha value is -2.68. The summed E-state index contributed by atoms with van der Waals surface area (Å²) in [6.07, 6.45) is 1.06. The van der Waals surface area contributed by atoms with Gasteiger partial charge in [0.2, 0.25) is 11.8 Å². The van der Waals surface area contributed by atoms with Gasteiger partial charge in [0.15, 0.2) is 5.69 Å². The van der Waals surface area contributed by atoms with E-state index >= 15 is 0 Å². The summed E-state index contributed by atoms with van der Waals surface area (Å²) in [5.41, 5.74) is 2.16. The first-order valence-corrected chi connectivity index (χ1v) is 10.3. The number of nitrogens with zero attached hydrogens (tertiary/aromatic N) is 4. The molecular formula is C19H23N5O3S. The molecule has 148 valence electrons. The molecule has 1 fully saturated rings. The number of H-pyrrole nitrogens is 1. The average Bonchev–Trinajstić information content (AvgIpc) is 3.36. The van der Waals surface area contributed by atoms with Gasteiger partial charge in [-0.05, 0) is 11.4 Å². The molecule has 0 spiro atoms. The molecule has 2 aliphatic heterocycles. The third-order valence-electron chi connectivity index (χ3n) is 5.41. The van der Waals surface area contributed by atoms with Gasteiger partial charge in [0.05, 0.1) is 6.42 Å². The van der Waals surface area contributed by atoms with Crippen molar-refractivity contribution in [3.8, 4) is 0 Å². The lowest BCUT2D eigenvalue weighted by Crippen LogP contribution is -2.50. The summed E-state index contributed by atoms with van der Waals surface area (Å²) in [6, 6.07) is 3.91. The summed E-state index contributed by atoms with van der Waals surface area (Å²) in [5, 5.41) is 9.21. The number of aromatic amines is 1. The molecule has 9 heteroatoms. The lowest BCUT2D eigenvalue weighted by Gasteiger charge is -2.34. The third-order valence-corrected chi connectivity index (χ3v) is 6.28. The topological polar surface area (TPSA) is 89.6 Å². The SMILES string of the molecule is CC(=O)N1CCN(C(=O)c2n[nH]c3c2CN(C(=O)Cc2cccs2)CC3)CC1. The minimum absolute atomic E-state index is 0.0316. The molecule has 0 atom stereocenters. The summed E-state index contributed by atoms with van der Waals surface area (Å²) < 4.78 is 0. The molecule has 0 saturated carbocycles. The summed E-state index contributed by atoms with van der Waals surface area (Å²) in [4.78, 5) is 43.4. The van der Waals surface area contributed by atoms with E-state index in [9.17, 15) is 14.4 Å². The van der Waals surface area contributed by atoms with Crippen LogP contribution in [0.15, 0.2) is 17.5 Å². The summed E-state index contributed by atoms with van der Waals surface area (Å²) in [6.45, 7) is 4.67. The number of amides is 3. The van der Waals surface area contributed by atoms with Crippen LogP contribution in [0.4, 0.5) is 0 Å². The van der Waals surface area contributed by atoms with Crippen LogP contribution >= 0.6 is 11.3 Å². The Morgan fingerprint density at radius 1 is 1.11 bits per heavy atom. The highest BCUT2D eigenvalue weighted by Gasteiger charge is 2.31. The zero-order valence-electron chi connectivity index (χ0n) is 15.8. The first-order chi connectivity index (χ1) is 13.5. The van der Waals surface area contributed by atoms with Crippen molar-refractivity contribution in [2.45, 2.75) is 26.3 Å². The van der Waals surface area contributed by atoms with E-state index in [1.807, 2.05) is 22.4 Å². The highest BCUT2D eigenvalue weighted by molar-refractivity contribution is 7.10. The number of piperazine rings is 1. The fourth-order valence-electron chi connectivity index (χ4n) is 3.73. The largest absolute Gasteiger partial charge is 0.339 e. The Bertz CT molecular complexity index is 884. The number of nitrogens with one attached hydrogen (secondary N) is 1. The van der Waals surface area contributed by atoms with E-state index in [0.717, 1.165) is 16.1 Å². The summed E-state index contributed by atoms with van der Waals surface area (Å²) in [5.74, 6) is -0.0276. The molecule has 1 N–H and O–H groups in total. The van der Waals surface area contributed by atoms with Gasteiger partial charge in [0.1, 0.15) is 0 Å². The normalized spacial score (nSPS) is 16.8. The van der Waals surface area contributed by atoms with Gasteiger partial charge < -0.3 is 14.7 Å². The molecule has 28 heavy (non-hydrogen) atoms. The van der Waals surface area contributed by atoms with Crippen molar-refractivity contribution in [2.24, 2.45) is 0 Å². The van der Waals surface area contributed by atoms with E-state index in [1.165, 1.54) is 0 Å². The quantitative estimate of drug-likeness (QED) is 0.828. The summed E-state index contributed by atoms with van der Waals surface area (Å²) in [7, 11) is 0. The van der Waals surface area contributed by atoms with Gasteiger partial charge in [-0.1, -0.05) is 6.07 Å². The van der Waals surface area contributed by atoms with Crippen molar-refractivity contribution >= 4 is 29.1 Å². The smallest absolute Gasteiger partial charge is 0.274 e. The molecule has 0 aromatic carbocycles. The number of thiophene rings is 1. The van der Waals surface area contributed by atoms with Crippen molar-refractivity contribution in [1.82, 2.24) is 24.9 Å². The molecule has 4 heterocycles. The van der Waals surface area contributed by atoms with Gasteiger partial charge in [0.25, 0.3) is 5.91 Å². The highest BCUT2D eigenvalue weighted by atomic mass is 32.1. The Morgan fingerprint density at radius 2 is 1.86 bits per heavy atom. The van der Waals surface area contributed by atoms with Crippen LogP contribution in [0.3, 0.4) is 0 Å². The predicted octanol–water partition coefficient (Wildman–Crippen LogP) is 0.903. The maximum atomic E-state index is 13.0. The zero-order valence-corrected chi connectivity index (χ0v) is 16.6. The molecule has 4 rings (SSSR count). The number of hydrogen-bond acceptors (Lipinski definition) is 5. The first kappa shape index (κ1) is 18.7. The van der Waals surface area contributed by atoms with Gasteiger partial charge >= 0.3 is 0 Å². The first-order valence-electron chi connectivity index (χ1n) is 9.44. The fraction of sp³-hybridized carbons (Fsp3) is 0.474. The Balaban J connectivity index is 1.44. The minimum atomic E-state index is -0.131. The van der Waals surface area contributed by atoms with Crippen LogP contribution in [0.1, 0.15) is 33.5 Å². The van der Waals surface area contributed by atoms with Crippen molar-refractivity contribution in [3.05, 3.63) is 39.3 Å². The van der Waals surface area contributed by atoms with Crippen molar-refractivity contribution < 1.29 is 14.4 Å². The molecule has 2 aliphatic rings. The average molecular weight is 401 g/mol. The Labute approximate surface area is 167 Å². The number of fused-ring (bicyclic) bond motifs is 1. The monoisotopic (exact) mass is 401 g/mol. The zero-order chi connectivity index (χ0) is 19.7. The second-order valence-corrected chi connectivity index (χ2v) is 8.18. The van der Waals surface area contributed by atoms with E-state index in [4.69, 9.17) is 0 Å². The fourth-order valence-corrected chi connectivity index (χ4v) is 4.43. The standard InChI is InChI=1S/C19H23N5O3S/c1-13(25)22-6-8-23(9-7-22)19(27)18-15-12-24(5-4-16(15)20-21-18)17(26)11-14-3-2-10-28-14/h2-3,10H,4-9,11-12H2,1H3,(H,20,21). The molecule has 0 bridgehead atoms. The van der Waals surface area contributed by atoms with Gasteiger partial charge in [0, 0.05) is 68.7 Å². The van der Waals surface area contributed by atoms with Gasteiger partial charge in [-0.25, -0.2) is 0 Å². The van der Waals surface area contributed by atoms with E-state index in [0.29, 0.717) is 57.8 Å². The Morgan fingerprint density at radius 3 is 2.54 bits per heavy atom. The van der Waals surface area contributed by atoms with Crippen LogP contribution in [0.2, 0.25) is 0 Å². The molecule has 0 unspecified atom stereocenters. The molecule has 2 aromatic rings. The van der Waals surface area contributed by atoms with Crippen LogP contribution in [-0.4, -0.2) is 75.3 Å². The second-order valence-electron chi connectivity index (χ2n) is 7.15. The van der Waals surface area contributed by atoms with Crippen LogP contribution in [0, 0.1) is 0 Å². The van der Waals surface area contributed by atoms with E-state index in [-0.39, 0.29) is 17.7 Å². The lowest BCUT2D eigenvalue weighted by molar-refractivity contribution is -0.131. The number of carbonyl (C=O) groups is 3. The molecular weight excluding hydrogens is 378 g/mol. The lowest BCUT2D eigenvalue weighted by atomic mass is 10.0. The molecule has 1 saturated heterocycles. The highest BCUT2D eigenvalue weighted by Crippen LogP contribution is 2.23. The maximum absolute atomic E-state index is 13.0. The molecule has 3 amide bonds. The van der Waals surface area contributed by atoms with Crippen LogP contribution in [0.5, 0.6) is 0 Å². The number of aromatic nitrogens is 2.